The van der Waals surface area contributed by atoms with Gasteiger partial charge < -0.3 is 15.5 Å². The standard InChI is InChI=1S/C18H25N5O/c1-13(24)20-15-6-4-14(5-7-15)18-16-12-19-9-8-17(16)23(21-18)11-10-22(2)3/h4-7,19H,8-12H2,1-3H3,(H,20,24). The molecule has 0 fully saturated rings. The highest BCUT2D eigenvalue weighted by Gasteiger charge is 2.21. The summed E-state index contributed by atoms with van der Waals surface area (Å²) in [6, 6.07) is 7.91. The number of rotatable bonds is 5. The molecule has 1 aromatic carbocycles. The SMILES string of the molecule is CC(=O)Nc1ccc(-c2nn(CCN(C)C)c3c2CNCC3)cc1. The van der Waals surface area contributed by atoms with Gasteiger partial charge in [-0.25, -0.2) is 0 Å². The zero-order valence-electron chi connectivity index (χ0n) is 14.6. The molecule has 2 aromatic rings. The second-order valence-corrected chi connectivity index (χ2v) is 6.49. The Morgan fingerprint density at radius 2 is 2.08 bits per heavy atom. The third-order valence-electron chi connectivity index (χ3n) is 4.24. The molecule has 1 aliphatic rings. The van der Waals surface area contributed by atoms with E-state index in [1.807, 2.05) is 24.3 Å². The van der Waals surface area contributed by atoms with Crippen molar-refractivity contribution in [1.82, 2.24) is 20.0 Å². The second-order valence-electron chi connectivity index (χ2n) is 6.49. The van der Waals surface area contributed by atoms with Crippen LogP contribution in [0.15, 0.2) is 24.3 Å². The van der Waals surface area contributed by atoms with Crippen LogP contribution in [0.3, 0.4) is 0 Å². The number of likely N-dealkylation sites (N-methyl/N-ethyl adjacent to an activating group) is 1. The number of aromatic nitrogens is 2. The van der Waals surface area contributed by atoms with Gasteiger partial charge in [-0.2, -0.15) is 5.10 Å². The van der Waals surface area contributed by atoms with Crippen LogP contribution in [0, 0.1) is 0 Å². The lowest BCUT2D eigenvalue weighted by molar-refractivity contribution is -0.114. The van der Waals surface area contributed by atoms with Gasteiger partial charge in [-0.05, 0) is 26.2 Å². The van der Waals surface area contributed by atoms with E-state index in [0.29, 0.717) is 0 Å². The van der Waals surface area contributed by atoms with E-state index in [1.54, 1.807) is 0 Å². The second kappa shape index (κ2) is 7.15. The molecule has 2 heterocycles. The molecule has 0 saturated heterocycles. The van der Waals surface area contributed by atoms with Gasteiger partial charge in [0.25, 0.3) is 0 Å². The quantitative estimate of drug-likeness (QED) is 0.878. The summed E-state index contributed by atoms with van der Waals surface area (Å²) in [5, 5.41) is 11.1. The van der Waals surface area contributed by atoms with Crippen LogP contribution < -0.4 is 10.6 Å². The van der Waals surface area contributed by atoms with Crippen molar-refractivity contribution < 1.29 is 4.79 Å². The number of amides is 1. The number of anilines is 1. The maximum Gasteiger partial charge on any atom is 0.221 e. The van der Waals surface area contributed by atoms with Crippen molar-refractivity contribution in [1.29, 1.82) is 0 Å². The van der Waals surface area contributed by atoms with Crippen LogP contribution in [-0.4, -0.2) is 47.8 Å². The Bertz CT molecular complexity index is 718. The predicted octanol–water partition coefficient (Wildman–Crippen LogP) is 1.72. The van der Waals surface area contributed by atoms with E-state index in [4.69, 9.17) is 5.10 Å². The molecule has 1 amide bonds. The lowest BCUT2D eigenvalue weighted by atomic mass is 10.0. The molecule has 3 rings (SSSR count). The Labute approximate surface area is 142 Å². The van der Waals surface area contributed by atoms with Crippen LogP contribution in [-0.2, 0) is 24.3 Å². The molecule has 2 N–H and O–H groups in total. The Hall–Kier alpha value is -2.18. The molecule has 1 aromatic heterocycles. The maximum absolute atomic E-state index is 11.2. The fraction of sp³-hybridized carbons (Fsp3) is 0.444. The minimum absolute atomic E-state index is 0.0581. The third kappa shape index (κ3) is 3.66. The highest BCUT2D eigenvalue weighted by Crippen LogP contribution is 2.28. The third-order valence-corrected chi connectivity index (χ3v) is 4.24. The van der Waals surface area contributed by atoms with E-state index in [-0.39, 0.29) is 5.91 Å². The van der Waals surface area contributed by atoms with E-state index in [2.05, 4.69) is 34.3 Å². The van der Waals surface area contributed by atoms with Crippen molar-refractivity contribution in [3.63, 3.8) is 0 Å². The summed E-state index contributed by atoms with van der Waals surface area (Å²) < 4.78 is 2.16. The van der Waals surface area contributed by atoms with E-state index >= 15 is 0 Å². The number of fused-ring (bicyclic) bond motifs is 1. The van der Waals surface area contributed by atoms with Gasteiger partial charge in [0, 0.05) is 55.5 Å². The summed E-state index contributed by atoms with van der Waals surface area (Å²) in [4.78, 5) is 13.3. The van der Waals surface area contributed by atoms with Gasteiger partial charge in [0.1, 0.15) is 0 Å². The first kappa shape index (κ1) is 16.7. The lowest BCUT2D eigenvalue weighted by Crippen LogP contribution is -2.26. The minimum atomic E-state index is -0.0581. The first-order chi connectivity index (χ1) is 11.5. The molecule has 6 heteroatoms. The Morgan fingerprint density at radius 3 is 2.75 bits per heavy atom. The Kier molecular flexibility index (Phi) is 4.97. The van der Waals surface area contributed by atoms with Crippen LogP contribution in [0.5, 0.6) is 0 Å². The topological polar surface area (TPSA) is 62.2 Å². The first-order valence-electron chi connectivity index (χ1n) is 8.36. The van der Waals surface area contributed by atoms with Crippen LogP contribution >= 0.6 is 0 Å². The van der Waals surface area contributed by atoms with Gasteiger partial charge in [-0.1, -0.05) is 12.1 Å². The van der Waals surface area contributed by atoms with Crippen molar-refractivity contribution in [2.24, 2.45) is 0 Å². The maximum atomic E-state index is 11.2. The van der Waals surface area contributed by atoms with E-state index < -0.39 is 0 Å². The molecule has 0 radical (unpaired) electrons. The first-order valence-corrected chi connectivity index (χ1v) is 8.36. The van der Waals surface area contributed by atoms with E-state index in [0.717, 1.165) is 49.5 Å². The minimum Gasteiger partial charge on any atom is -0.326 e. The molecule has 0 unspecified atom stereocenters. The summed E-state index contributed by atoms with van der Waals surface area (Å²) >= 11 is 0. The van der Waals surface area contributed by atoms with Gasteiger partial charge in [-0.15, -0.1) is 0 Å². The van der Waals surface area contributed by atoms with Crippen LogP contribution in [0.2, 0.25) is 0 Å². The van der Waals surface area contributed by atoms with Gasteiger partial charge >= 0.3 is 0 Å². The Morgan fingerprint density at radius 1 is 1.33 bits per heavy atom. The number of carbonyl (C=O) groups is 1. The molecule has 0 aliphatic carbocycles. The molecule has 128 valence electrons. The molecule has 24 heavy (non-hydrogen) atoms. The number of carbonyl (C=O) groups excluding carboxylic acids is 1. The Balaban J connectivity index is 1.90. The summed E-state index contributed by atoms with van der Waals surface area (Å²) in [6.45, 7) is 5.26. The van der Waals surface area contributed by atoms with Gasteiger partial charge in [0.05, 0.1) is 12.2 Å². The summed E-state index contributed by atoms with van der Waals surface area (Å²) in [7, 11) is 4.17. The molecule has 0 saturated carbocycles. The van der Waals surface area contributed by atoms with Crippen molar-refractivity contribution in [3.8, 4) is 11.3 Å². The zero-order valence-corrected chi connectivity index (χ0v) is 14.6. The van der Waals surface area contributed by atoms with Crippen molar-refractivity contribution >= 4 is 11.6 Å². The van der Waals surface area contributed by atoms with Gasteiger partial charge in [0.15, 0.2) is 0 Å². The van der Waals surface area contributed by atoms with Gasteiger partial charge in [0.2, 0.25) is 5.91 Å². The molecule has 0 spiro atoms. The zero-order chi connectivity index (χ0) is 17.1. The summed E-state index contributed by atoms with van der Waals surface area (Å²) in [5.74, 6) is -0.0581. The highest BCUT2D eigenvalue weighted by molar-refractivity contribution is 5.89. The van der Waals surface area contributed by atoms with Gasteiger partial charge in [-0.3, -0.25) is 9.48 Å². The number of benzene rings is 1. The monoisotopic (exact) mass is 327 g/mol. The van der Waals surface area contributed by atoms with E-state index in [1.165, 1.54) is 18.2 Å². The van der Waals surface area contributed by atoms with Crippen molar-refractivity contribution in [2.75, 3.05) is 32.5 Å². The molecule has 6 nitrogen and oxygen atoms in total. The number of hydrogen-bond acceptors (Lipinski definition) is 4. The molecule has 0 bridgehead atoms. The molecule has 0 atom stereocenters. The molecular weight excluding hydrogens is 302 g/mol. The average Bonchev–Trinajstić information content (AvgIpc) is 2.92. The van der Waals surface area contributed by atoms with E-state index in [9.17, 15) is 4.79 Å². The highest BCUT2D eigenvalue weighted by atomic mass is 16.1. The summed E-state index contributed by atoms with van der Waals surface area (Å²) in [6.07, 6.45) is 1.01. The van der Waals surface area contributed by atoms with Crippen LogP contribution in [0.25, 0.3) is 11.3 Å². The van der Waals surface area contributed by atoms with Crippen LogP contribution in [0.4, 0.5) is 5.69 Å². The van der Waals surface area contributed by atoms with Crippen molar-refractivity contribution in [3.05, 3.63) is 35.5 Å². The largest absolute Gasteiger partial charge is 0.326 e. The predicted molar refractivity (Wildman–Crippen MR) is 95.9 cm³/mol. The number of hydrogen-bond donors (Lipinski definition) is 2. The lowest BCUT2D eigenvalue weighted by Gasteiger charge is -2.17. The smallest absolute Gasteiger partial charge is 0.221 e. The number of nitrogens with zero attached hydrogens (tertiary/aromatic N) is 3. The van der Waals surface area contributed by atoms with Crippen LogP contribution in [0.1, 0.15) is 18.2 Å². The number of nitrogens with one attached hydrogen (secondary N) is 2. The average molecular weight is 327 g/mol. The fourth-order valence-corrected chi connectivity index (χ4v) is 3.05. The normalized spacial score (nSPS) is 13.8. The molecular formula is C18H25N5O. The fourth-order valence-electron chi connectivity index (χ4n) is 3.05. The molecule has 1 aliphatic heterocycles. The summed E-state index contributed by atoms with van der Waals surface area (Å²) in [5.41, 5.74) is 5.59. The van der Waals surface area contributed by atoms with Crippen molar-refractivity contribution in [2.45, 2.75) is 26.4 Å².